The maximum absolute atomic E-state index is 12.0. The Morgan fingerprint density at radius 3 is 2.24 bits per heavy atom. The Morgan fingerprint density at radius 1 is 0.854 bits per heavy atom. The van der Waals surface area contributed by atoms with E-state index < -0.39 is 0 Å². The second-order valence-corrected chi connectivity index (χ2v) is 11.7. The molecular formula is C35H42O6. The molecule has 0 N–H and O–H groups in total. The number of hydrogen-bond acceptors (Lipinski definition) is 6. The quantitative estimate of drug-likeness (QED) is 0.136. The molecule has 0 unspecified atom stereocenters. The molecule has 41 heavy (non-hydrogen) atoms. The van der Waals surface area contributed by atoms with Crippen LogP contribution in [0.4, 0.5) is 0 Å². The molecule has 0 aromatic heterocycles. The molecule has 1 aliphatic carbocycles. The van der Waals surface area contributed by atoms with Crippen molar-refractivity contribution >= 4 is 12.0 Å². The second-order valence-electron chi connectivity index (χ2n) is 11.7. The Morgan fingerprint density at radius 2 is 1.56 bits per heavy atom. The summed E-state index contributed by atoms with van der Waals surface area (Å²) in [7, 11) is 3.27. The van der Waals surface area contributed by atoms with Crippen LogP contribution in [0.1, 0.15) is 69.7 Å². The van der Waals surface area contributed by atoms with E-state index >= 15 is 0 Å². The molecule has 0 aliphatic heterocycles. The van der Waals surface area contributed by atoms with Crippen molar-refractivity contribution in [3.05, 3.63) is 82.9 Å². The van der Waals surface area contributed by atoms with E-state index in [1.54, 1.807) is 27.2 Å². The standard InChI is InChI=1S/C35H42O6/c1-8-39-33(36)15-13-24-12-14-31(38-7)27(19-24)28-20-29-30(35(4,5)17-16-34(29,2)3)21-32(28)40-22-25-10-9-11-26(18-25)41-23-37-6/h9-15,18-21H,8,16-17,22-23H2,1-7H3. The number of benzene rings is 3. The highest BCUT2D eigenvalue weighted by Gasteiger charge is 2.38. The largest absolute Gasteiger partial charge is 0.496 e. The van der Waals surface area contributed by atoms with Gasteiger partial charge in [-0.3, -0.25) is 0 Å². The van der Waals surface area contributed by atoms with Crippen molar-refractivity contribution in [2.24, 2.45) is 0 Å². The van der Waals surface area contributed by atoms with Gasteiger partial charge in [-0.15, -0.1) is 0 Å². The summed E-state index contributed by atoms with van der Waals surface area (Å²) in [4.78, 5) is 12.0. The monoisotopic (exact) mass is 558 g/mol. The topological polar surface area (TPSA) is 63.2 Å². The third-order valence-corrected chi connectivity index (χ3v) is 7.80. The first-order valence-corrected chi connectivity index (χ1v) is 14.1. The number of methoxy groups -OCH3 is 2. The lowest BCUT2D eigenvalue weighted by atomic mass is 9.62. The van der Waals surface area contributed by atoms with Crippen molar-refractivity contribution in [3.8, 4) is 28.4 Å². The van der Waals surface area contributed by atoms with Crippen molar-refractivity contribution in [1.82, 2.24) is 0 Å². The first-order chi connectivity index (χ1) is 19.6. The molecule has 0 fully saturated rings. The van der Waals surface area contributed by atoms with Gasteiger partial charge in [0.15, 0.2) is 6.79 Å². The molecule has 218 valence electrons. The van der Waals surface area contributed by atoms with E-state index in [-0.39, 0.29) is 23.6 Å². The Hall–Kier alpha value is -3.77. The Bertz CT molecular complexity index is 1400. The summed E-state index contributed by atoms with van der Waals surface area (Å²) in [6.07, 6.45) is 5.41. The van der Waals surface area contributed by atoms with E-state index in [0.29, 0.717) is 13.2 Å². The molecule has 0 amide bonds. The number of hydrogen-bond donors (Lipinski definition) is 0. The minimum Gasteiger partial charge on any atom is -0.496 e. The SMILES string of the molecule is CCOC(=O)C=Cc1ccc(OC)c(-c2cc3c(cc2OCc2cccc(OCOC)c2)C(C)(C)CCC3(C)C)c1. The summed E-state index contributed by atoms with van der Waals surface area (Å²) in [6.45, 7) is 11.9. The van der Waals surface area contributed by atoms with Gasteiger partial charge in [0.05, 0.1) is 13.7 Å². The average Bonchev–Trinajstić information content (AvgIpc) is 2.96. The summed E-state index contributed by atoms with van der Waals surface area (Å²) >= 11 is 0. The van der Waals surface area contributed by atoms with Gasteiger partial charge in [-0.2, -0.15) is 0 Å². The summed E-state index contributed by atoms with van der Waals surface area (Å²) in [5.74, 6) is 1.86. The van der Waals surface area contributed by atoms with Crippen LogP contribution in [-0.2, 0) is 31.7 Å². The van der Waals surface area contributed by atoms with Gasteiger partial charge in [-0.05, 0) is 95.3 Å². The van der Waals surface area contributed by atoms with Crippen molar-refractivity contribution in [2.75, 3.05) is 27.6 Å². The molecule has 0 spiro atoms. The van der Waals surface area contributed by atoms with E-state index in [1.165, 1.54) is 17.2 Å². The van der Waals surface area contributed by atoms with Crippen LogP contribution in [0, 0.1) is 0 Å². The van der Waals surface area contributed by atoms with Crippen molar-refractivity contribution in [1.29, 1.82) is 0 Å². The second kappa shape index (κ2) is 12.8. The highest BCUT2D eigenvalue weighted by atomic mass is 16.7. The molecule has 6 heteroatoms. The van der Waals surface area contributed by atoms with Crippen molar-refractivity contribution in [3.63, 3.8) is 0 Å². The van der Waals surface area contributed by atoms with Crippen molar-refractivity contribution < 1.29 is 28.5 Å². The zero-order valence-electron chi connectivity index (χ0n) is 25.3. The van der Waals surface area contributed by atoms with Crippen LogP contribution in [-0.4, -0.2) is 33.6 Å². The maximum atomic E-state index is 12.0. The molecule has 1 aliphatic rings. The highest BCUT2D eigenvalue weighted by Crippen LogP contribution is 2.50. The molecule has 6 nitrogen and oxygen atoms in total. The van der Waals surface area contributed by atoms with E-state index in [1.807, 2.05) is 42.5 Å². The van der Waals surface area contributed by atoms with Crippen LogP contribution in [0.25, 0.3) is 17.2 Å². The van der Waals surface area contributed by atoms with Crippen LogP contribution in [0.5, 0.6) is 17.2 Å². The van der Waals surface area contributed by atoms with Crippen LogP contribution >= 0.6 is 0 Å². The molecule has 3 aromatic rings. The van der Waals surface area contributed by atoms with E-state index in [4.69, 9.17) is 23.7 Å². The zero-order chi connectivity index (χ0) is 29.6. The maximum Gasteiger partial charge on any atom is 0.330 e. The molecular weight excluding hydrogens is 516 g/mol. The van der Waals surface area contributed by atoms with Crippen LogP contribution in [0.15, 0.2) is 60.7 Å². The van der Waals surface area contributed by atoms with Crippen LogP contribution in [0.2, 0.25) is 0 Å². The zero-order valence-corrected chi connectivity index (χ0v) is 25.3. The van der Waals surface area contributed by atoms with Gasteiger partial charge in [0, 0.05) is 24.3 Å². The predicted octanol–water partition coefficient (Wildman–Crippen LogP) is 7.85. The van der Waals surface area contributed by atoms with Crippen LogP contribution in [0.3, 0.4) is 0 Å². The van der Waals surface area contributed by atoms with E-state index in [9.17, 15) is 4.79 Å². The fourth-order valence-electron chi connectivity index (χ4n) is 5.33. The minimum absolute atomic E-state index is 0.0137. The third kappa shape index (κ3) is 7.12. The molecule has 0 radical (unpaired) electrons. The Kier molecular flexibility index (Phi) is 9.44. The predicted molar refractivity (Wildman–Crippen MR) is 163 cm³/mol. The minimum atomic E-state index is -0.372. The first-order valence-electron chi connectivity index (χ1n) is 14.1. The number of ether oxygens (including phenoxy) is 5. The van der Waals surface area contributed by atoms with Gasteiger partial charge >= 0.3 is 5.97 Å². The third-order valence-electron chi connectivity index (χ3n) is 7.80. The smallest absolute Gasteiger partial charge is 0.330 e. The van der Waals surface area contributed by atoms with Crippen molar-refractivity contribution in [2.45, 2.75) is 64.9 Å². The highest BCUT2D eigenvalue weighted by molar-refractivity contribution is 5.88. The summed E-state index contributed by atoms with van der Waals surface area (Å²) in [5, 5.41) is 0. The molecule has 0 bridgehead atoms. The summed E-state index contributed by atoms with van der Waals surface area (Å²) < 4.78 is 28.2. The Labute approximate surface area is 244 Å². The first kappa shape index (κ1) is 30.2. The summed E-state index contributed by atoms with van der Waals surface area (Å²) in [5.41, 5.74) is 6.35. The molecule has 0 saturated carbocycles. The number of esters is 1. The fourth-order valence-corrected chi connectivity index (χ4v) is 5.33. The Balaban J connectivity index is 1.82. The lowest BCUT2D eigenvalue weighted by Crippen LogP contribution is -2.33. The molecule has 4 rings (SSSR count). The van der Waals surface area contributed by atoms with Gasteiger partial charge in [-0.25, -0.2) is 4.79 Å². The lowest BCUT2D eigenvalue weighted by molar-refractivity contribution is -0.137. The normalized spacial score (nSPS) is 15.3. The van der Waals surface area contributed by atoms with Gasteiger partial charge in [0.25, 0.3) is 0 Å². The van der Waals surface area contributed by atoms with Gasteiger partial charge in [0.2, 0.25) is 0 Å². The number of rotatable bonds is 11. The summed E-state index contributed by atoms with van der Waals surface area (Å²) in [6, 6.07) is 18.2. The number of carbonyl (C=O) groups is 1. The molecule has 0 heterocycles. The van der Waals surface area contributed by atoms with Crippen LogP contribution < -0.4 is 14.2 Å². The van der Waals surface area contributed by atoms with E-state index in [2.05, 4.69) is 39.8 Å². The van der Waals surface area contributed by atoms with Gasteiger partial charge < -0.3 is 23.7 Å². The molecule has 0 saturated heterocycles. The van der Waals surface area contributed by atoms with Gasteiger partial charge in [-0.1, -0.05) is 45.9 Å². The fraction of sp³-hybridized carbons (Fsp3) is 0.400. The molecule has 0 atom stereocenters. The number of fused-ring (bicyclic) bond motifs is 1. The average molecular weight is 559 g/mol. The lowest BCUT2D eigenvalue weighted by Gasteiger charge is -2.42. The van der Waals surface area contributed by atoms with E-state index in [0.717, 1.165) is 52.3 Å². The van der Waals surface area contributed by atoms with Gasteiger partial charge in [0.1, 0.15) is 23.9 Å². The molecule has 3 aromatic carbocycles. The number of carbonyl (C=O) groups excluding carboxylic acids is 1.